The second-order valence-corrected chi connectivity index (χ2v) is 9.65. The fourth-order valence-corrected chi connectivity index (χ4v) is 4.86. The lowest BCUT2D eigenvalue weighted by Crippen LogP contribution is -2.48. The zero-order valence-electron chi connectivity index (χ0n) is 23.3. The van der Waals surface area contributed by atoms with E-state index in [0.29, 0.717) is 13.2 Å². The van der Waals surface area contributed by atoms with E-state index in [-0.39, 0.29) is 58.6 Å². The van der Waals surface area contributed by atoms with Crippen molar-refractivity contribution >= 4 is 17.6 Å². The Balaban J connectivity index is 0.00000198. The van der Waals surface area contributed by atoms with Gasteiger partial charge in [0.1, 0.15) is 40.5 Å². The fourth-order valence-electron chi connectivity index (χ4n) is 4.86. The van der Waals surface area contributed by atoms with Gasteiger partial charge < -0.3 is 26.3 Å². The topological polar surface area (TPSA) is 138 Å². The minimum atomic E-state index is -3.21. The monoisotopic (exact) mass is 592 g/mol. The van der Waals surface area contributed by atoms with Gasteiger partial charge in [0, 0.05) is 24.2 Å². The highest BCUT2D eigenvalue weighted by atomic mass is 19.3. The highest BCUT2D eigenvalue weighted by Gasteiger charge is 2.53. The Bertz CT molecular complexity index is 1480. The lowest BCUT2D eigenvalue weighted by molar-refractivity contribution is -0.0728. The first kappa shape index (κ1) is 30.8. The number of alkyl halides is 2. The molecule has 5 N–H and O–H groups in total. The number of nitrogens with one attached hydrogen (secondary N) is 1. The van der Waals surface area contributed by atoms with Gasteiger partial charge in [0.25, 0.3) is 17.7 Å². The van der Waals surface area contributed by atoms with Crippen LogP contribution in [0, 0.1) is 11.6 Å². The van der Waals surface area contributed by atoms with E-state index in [1.165, 1.54) is 25.3 Å². The maximum absolute atomic E-state index is 15.1. The third-order valence-corrected chi connectivity index (χ3v) is 7.11. The molecule has 2 aliphatic rings. The first-order valence-corrected chi connectivity index (χ1v) is 13.3. The number of aromatic nitrogens is 2. The molecule has 1 aromatic heterocycles. The molecule has 226 valence electrons. The van der Waals surface area contributed by atoms with Crippen molar-refractivity contribution in [3.8, 4) is 17.0 Å². The van der Waals surface area contributed by atoms with Crippen molar-refractivity contribution in [3.05, 3.63) is 64.7 Å². The number of nitrogens with zero attached hydrogens (tertiary/aromatic N) is 3. The van der Waals surface area contributed by atoms with Crippen molar-refractivity contribution in [2.24, 2.45) is 5.73 Å². The summed E-state index contributed by atoms with van der Waals surface area (Å²) in [6.07, 6.45) is 0. The van der Waals surface area contributed by atoms with Gasteiger partial charge in [-0.25, -0.2) is 22.2 Å². The van der Waals surface area contributed by atoms with E-state index in [0.717, 1.165) is 22.9 Å². The largest absolute Gasteiger partial charge is 0.496 e. The molecular weight excluding hydrogens is 560 g/mol. The Morgan fingerprint density at radius 1 is 1.17 bits per heavy atom. The van der Waals surface area contributed by atoms with E-state index in [9.17, 15) is 14.0 Å². The van der Waals surface area contributed by atoms with Crippen LogP contribution in [-0.2, 0) is 11.3 Å². The van der Waals surface area contributed by atoms with Crippen LogP contribution in [-0.4, -0.2) is 71.9 Å². The zero-order chi connectivity index (χ0) is 30.8. The van der Waals surface area contributed by atoms with E-state index >= 15 is 13.2 Å². The number of likely N-dealkylation sites (tertiary alicyclic amines) is 1. The highest BCUT2D eigenvalue weighted by Crippen LogP contribution is 2.41. The number of rotatable bonds is 8. The number of amides is 2. The van der Waals surface area contributed by atoms with E-state index in [4.69, 9.17) is 20.9 Å². The van der Waals surface area contributed by atoms with E-state index in [1.807, 2.05) is 13.8 Å². The molecule has 10 nitrogen and oxygen atoms in total. The van der Waals surface area contributed by atoms with Gasteiger partial charge in [0.15, 0.2) is 0 Å². The number of carbonyl (C=O) groups excluding carboxylic acids is 2. The Morgan fingerprint density at radius 3 is 2.48 bits per heavy atom. The second kappa shape index (κ2) is 12.4. The predicted octanol–water partition coefficient (Wildman–Crippen LogP) is 3.37. The molecule has 2 aromatic carbocycles. The molecule has 1 unspecified atom stereocenters. The summed E-state index contributed by atoms with van der Waals surface area (Å²) in [5.74, 6) is -6.55. The molecule has 0 saturated carbocycles. The molecule has 2 amide bonds. The van der Waals surface area contributed by atoms with Gasteiger partial charge in [-0.1, -0.05) is 26.0 Å². The summed E-state index contributed by atoms with van der Waals surface area (Å²) in [6.45, 7) is 3.82. The number of nitrogen functional groups attached to an aromatic ring is 1. The molecule has 2 saturated heterocycles. The van der Waals surface area contributed by atoms with Crippen LogP contribution in [0.4, 0.5) is 23.4 Å². The number of carbonyl (C=O) groups is 2. The maximum Gasteiger partial charge on any atom is 0.283 e. The number of hydrogen-bond donors (Lipinski definition) is 3. The second-order valence-electron chi connectivity index (χ2n) is 9.65. The van der Waals surface area contributed by atoms with Gasteiger partial charge in [0.2, 0.25) is 0 Å². The number of nitrogens with two attached hydrogens (primary N) is 2. The van der Waals surface area contributed by atoms with Crippen molar-refractivity contribution in [2.75, 3.05) is 39.1 Å². The van der Waals surface area contributed by atoms with E-state index in [2.05, 4.69) is 10.4 Å². The van der Waals surface area contributed by atoms with Crippen LogP contribution in [0.1, 0.15) is 46.2 Å². The number of benzene rings is 2. The highest BCUT2D eigenvalue weighted by molar-refractivity contribution is 6.03. The third kappa shape index (κ3) is 5.90. The molecule has 2 fully saturated rings. The summed E-state index contributed by atoms with van der Waals surface area (Å²) in [7, 11) is 1.32. The summed E-state index contributed by atoms with van der Waals surface area (Å²) in [5, 5.41) is 6.69. The molecule has 0 aliphatic carbocycles. The van der Waals surface area contributed by atoms with Crippen LogP contribution in [0.2, 0.25) is 0 Å². The van der Waals surface area contributed by atoms with Crippen molar-refractivity contribution in [1.29, 1.82) is 0 Å². The van der Waals surface area contributed by atoms with Crippen LogP contribution >= 0.6 is 0 Å². The number of halogens is 4. The fraction of sp³-hybridized carbons (Fsp3) is 0.393. The van der Waals surface area contributed by atoms with Gasteiger partial charge in [-0.05, 0) is 24.3 Å². The van der Waals surface area contributed by atoms with E-state index in [1.54, 1.807) is 4.90 Å². The summed E-state index contributed by atoms with van der Waals surface area (Å²) in [5.41, 5.74) is 11.2. The average Bonchev–Trinajstić information content (AvgIpc) is 3.42. The minimum absolute atomic E-state index is 0.0567. The Hall–Kier alpha value is -4.17. The van der Waals surface area contributed by atoms with Crippen LogP contribution < -0.4 is 21.5 Å². The SMILES string of the molecule is CC.COc1ccc(F)cc1C(=O)NCc1ccc(-c2nn(C3CN(C4COC4)CC3(F)F)c(N)c2C(N)=O)cc1F. The number of hydrogen-bond acceptors (Lipinski definition) is 7. The molecule has 0 spiro atoms. The zero-order valence-corrected chi connectivity index (χ0v) is 23.3. The number of ether oxygens (including phenoxy) is 2. The van der Waals surface area contributed by atoms with Crippen LogP contribution in [0.25, 0.3) is 11.3 Å². The van der Waals surface area contributed by atoms with Gasteiger partial charge in [-0.15, -0.1) is 0 Å². The number of primary amides is 1. The molecule has 14 heteroatoms. The van der Waals surface area contributed by atoms with Crippen LogP contribution in [0.5, 0.6) is 5.75 Å². The summed E-state index contributed by atoms with van der Waals surface area (Å²) in [4.78, 5) is 26.4. The molecule has 0 radical (unpaired) electrons. The minimum Gasteiger partial charge on any atom is -0.496 e. The molecular formula is C28H32F4N6O4. The quantitative estimate of drug-likeness (QED) is 0.341. The maximum atomic E-state index is 15.1. The third-order valence-electron chi connectivity index (χ3n) is 7.11. The lowest BCUT2D eigenvalue weighted by Gasteiger charge is -2.34. The van der Waals surface area contributed by atoms with Gasteiger partial charge in [-0.2, -0.15) is 5.10 Å². The van der Waals surface area contributed by atoms with Crippen LogP contribution in [0.3, 0.4) is 0 Å². The molecule has 3 heterocycles. The standard InChI is InChI=1S/C26H26F4N6O4.C2H6/c1-39-19-5-4-15(27)7-17(19)25(38)33-8-14-3-2-13(6-18(14)28)22-21(24(32)37)23(31)36(34-22)20-9-35(12-26(20,29)30)16-10-40-11-16;1-2/h2-7,16,20H,8-12,31H2,1H3,(H2,32,37)(H,33,38);1-2H3. The van der Waals surface area contributed by atoms with Crippen molar-refractivity contribution in [2.45, 2.75) is 38.4 Å². The normalized spacial score (nSPS) is 18.1. The molecule has 2 aliphatic heterocycles. The Labute approximate surface area is 239 Å². The molecule has 42 heavy (non-hydrogen) atoms. The van der Waals surface area contributed by atoms with Crippen molar-refractivity contribution in [3.63, 3.8) is 0 Å². The summed E-state index contributed by atoms with van der Waals surface area (Å²) < 4.78 is 69.8. The first-order valence-electron chi connectivity index (χ1n) is 13.3. The summed E-state index contributed by atoms with van der Waals surface area (Å²) >= 11 is 0. The summed E-state index contributed by atoms with van der Waals surface area (Å²) in [6, 6.07) is 5.57. The average molecular weight is 593 g/mol. The van der Waals surface area contributed by atoms with Gasteiger partial charge >= 0.3 is 0 Å². The van der Waals surface area contributed by atoms with Crippen molar-refractivity contribution in [1.82, 2.24) is 20.0 Å². The molecule has 1 atom stereocenters. The predicted molar refractivity (Wildman–Crippen MR) is 146 cm³/mol. The molecule has 5 rings (SSSR count). The first-order chi connectivity index (χ1) is 20.0. The smallest absolute Gasteiger partial charge is 0.283 e. The number of anilines is 1. The Kier molecular flexibility index (Phi) is 9.06. The van der Waals surface area contributed by atoms with Crippen LogP contribution in [0.15, 0.2) is 36.4 Å². The van der Waals surface area contributed by atoms with E-state index < -0.39 is 42.0 Å². The molecule has 3 aromatic rings. The number of methoxy groups -OCH3 is 1. The lowest BCUT2D eigenvalue weighted by atomic mass is 10.0. The van der Waals surface area contributed by atoms with Gasteiger partial charge in [0.05, 0.1) is 38.5 Å². The Morgan fingerprint density at radius 2 is 1.88 bits per heavy atom. The van der Waals surface area contributed by atoms with Crippen molar-refractivity contribution < 1.29 is 36.6 Å². The molecule has 0 bridgehead atoms. The van der Waals surface area contributed by atoms with Gasteiger partial charge in [-0.3, -0.25) is 14.5 Å².